The van der Waals surface area contributed by atoms with Gasteiger partial charge in [0.25, 0.3) is 5.91 Å². The molecule has 0 aromatic heterocycles. The highest BCUT2D eigenvalue weighted by atomic mass is 32.2. The van der Waals surface area contributed by atoms with Gasteiger partial charge < -0.3 is 15.2 Å². The Bertz CT molecular complexity index is 965. The second-order valence-electron chi connectivity index (χ2n) is 6.31. The number of aliphatic carboxylic acids is 1. The van der Waals surface area contributed by atoms with Crippen molar-refractivity contribution in [1.29, 1.82) is 0 Å². The Morgan fingerprint density at radius 1 is 1.18 bits per heavy atom. The maximum atomic E-state index is 12.2. The molecule has 1 fully saturated rings. The van der Waals surface area contributed by atoms with Crippen molar-refractivity contribution < 1.29 is 19.4 Å². The van der Waals surface area contributed by atoms with Gasteiger partial charge in [0, 0.05) is 0 Å². The number of amidine groups is 1. The molecular formula is C21H20N2O4S. The molecule has 2 N–H and O–H groups in total. The number of nitrogens with one attached hydrogen (secondary N) is 1. The standard InChI is InChI=1S/C21H20N2O4S/c1-13-3-6-16(11-14(13)2)22-21-23-20(26)18(28-21)12-15-4-7-17(8-5-15)27-10-9-19(24)25/h3-8,11-12H,9-10H2,1-2H3,(H,24,25)(H,22,23,26)/b18-12+. The van der Waals surface area contributed by atoms with Gasteiger partial charge in [-0.05, 0) is 72.6 Å². The fraction of sp³-hybridized carbons (Fsp3) is 0.190. The van der Waals surface area contributed by atoms with E-state index in [9.17, 15) is 9.59 Å². The van der Waals surface area contributed by atoms with Crippen LogP contribution >= 0.6 is 11.8 Å². The predicted molar refractivity (Wildman–Crippen MR) is 111 cm³/mol. The summed E-state index contributed by atoms with van der Waals surface area (Å²) in [5.41, 5.74) is 3.99. The van der Waals surface area contributed by atoms with Crippen molar-refractivity contribution in [2.24, 2.45) is 4.99 Å². The van der Waals surface area contributed by atoms with E-state index in [1.54, 1.807) is 18.2 Å². The van der Waals surface area contributed by atoms with E-state index in [0.29, 0.717) is 15.8 Å². The van der Waals surface area contributed by atoms with Crippen molar-refractivity contribution in [3.63, 3.8) is 0 Å². The molecule has 0 spiro atoms. The Hall–Kier alpha value is -3.06. The van der Waals surface area contributed by atoms with Gasteiger partial charge >= 0.3 is 5.97 Å². The quantitative estimate of drug-likeness (QED) is 0.719. The topological polar surface area (TPSA) is 88.0 Å². The highest BCUT2D eigenvalue weighted by Crippen LogP contribution is 2.29. The van der Waals surface area contributed by atoms with Gasteiger partial charge in [-0.2, -0.15) is 0 Å². The molecule has 1 amide bonds. The van der Waals surface area contributed by atoms with E-state index in [1.165, 1.54) is 17.3 Å². The van der Waals surface area contributed by atoms with Crippen LogP contribution in [0, 0.1) is 13.8 Å². The largest absolute Gasteiger partial charge is 0.493 e. The van der Waals surface area contributed by atoms with Crippen molar-refractivity contribution in [2.45, 2.75) is 20.3 Å². The van der Waals surface area contributed by atoms with Gasteiger partial charge in [-0.15, -0.1) is 0 Å². The second kappa shape index (κ2) is 8.75. The molecular weight excluding hydrogens is 376 g/mol. The van der Waals surface area contributed by atoms with E-state index < -0.39 is 5.97 Å². The summed E-state index contributed by atoms with van der Waals surface area (Å²) in [7, 11) is 0. The third-order valence-corrected chi connectivity index (χ3v) is 5.04. The van der Waals surface area contributed by atoms with Crippen LogP contribution in [0.4, 0.5) is 5.69 Å². The van der Waals surface area contributed by atoms with Gasteiger partial charge in [0.05, 0.1) is 23.6 Å². The molecule has 1 aliphatic heterocycles. The van der Waals surface area contributed by atoms with Crippen LogP contribution in [0.25, 0.3) is 6.08 Å². The maximum absolute atomic E-state index is 12.2. The highest BCUT2D eigenvalue weighted by molar-refractivity contribution is 8.18. The maximum Gasteiger partial charge on any atom is 0.306 e. The fourth-order valence-electron chi connectivity index (χ4n) is 2.46. The Kier molecular flexibility index (Phi) is 6.16. The van der Waals surface area contributed by atoms with Crippen molar-refractivity contribution in [3.8, 4) is 5.75 Å². The molecule has 6 nitrogen and oxygen atoms in total. The Morgan fingerprint density at radius 3 is 2.61 bits per heavy atom. The zero-order valence-electron chi connectivity index (χ0n) is 15.6. The minimum atomic E-state index is -0.899. The number of carbonyl (C=O) groups is 2. The number of nitrogens with zero attached hydrogens (tertiary/aromatic N) is 1. The van der Waals surface area contributed by atoms with Gasteiger partial charge in [0.15, 0.2) is 5.17 Å². The molecule has 0 aliphatic carbocycles. The van der Waals surface area contributed by atoms with Crippen LogP contribution in [0.15, 0.2) is 52.4 Å². The monoisotopic (exact) mass is 396 g/mol. The number of aryl methyl sites for hydroxylation is 2. The molecule has 0 unspecified atom stereocenters. The van der Waals surface area contributed by atoms with Gasteiger partial charge in [-0.3, -0.25) is 9.59 Å². The Balaban J connectivity index is 1.67. The first-order chi connectivity index (χ1) is 13.4. The normalized spacial score (nSPS) is 16.4. The van der Waals surface area contributed by atoms with E-state index >= 15 is 0 Å². The molecule has 0 atom stereocenters. The van der Waals surface area contributed by atoms with Crippen LogP contribution in [-0.4, -0.2) is 28.8 Å². The summed E-state index contributed by atoms with van der Waals surface area (Å²) in [6.07, 6.45) is 1.73. The zero-order chi connectivity index (χ0) is 20.1. The number of carboxylic acid groups (broad SMARTS) is 1. The van der Waals surface area contributed by atoms with Gasteiger partial charge in [0.2, 0.25) is 0 Å². The molecule has 1 saturated heterocycles. The highest BCUT2D eigenvalue weighted by Gasteiger charge is 2.23. The molecule has 0 bridgehead atoms. The molecule has 28 heavy (non-hydrogen) atoms. The molecule has 2 aromatic carbocycles. The summed E-state index contributed by atoms with van der Waals surface area (Å²) in [6.45, 7) is 4.19. The zero-order valence-corrected chi connectivity index (χ0v) is 16.4. The van der Waals surface area contributed by atoms with Crippen LogP contribution in [0.5, 0.6) is 5.75 Å². The van der Waals surface area contributed by atoms with Crippen molar-refractivity contribution in [2.75, 3.05) is 6.61 Å². The molecule has 3 rings (SSSR count). The van der Waals surface area contributed by atoms with Crippen LogP contribution in [-0.2, 0) is 9.59 Å². The lowest BCUT2D eigenvalue weighted by Crippen LogP contribution is -2.19. The van der Waals surface area contributed by atoms with Crippen molar-refractivity contribution in [1.82, 2.24) is 5.32 Å². The smallest absolute Gasteiger partial charge is 0.306 e. The van der Waals surface area contributed by atoms with Crippen molar-refractivity contribution in [3.05, 3.63) is 64.1 Å². The summed E-state index contributed by atoms with van der Waals surface area (Å²) in [5, 5.41) is 12.0. The van der Waals surface area contributed by atoms with E-state index in [4.69, 9.17) is 9.84 Å². The third-order valence-electron chi connectivity index (χ3n) is 4.13. The summed E-state index contributed by atoms with van der Waals surface area (Å²) in [5.74, 6) is -0.498. The molecule has 1 heterocycles. The molecule has 1 aliphatic rings. The van der Waals surface area contributed by atoms with Crippen LogP contribution in [0.3, 0.4) is 0 Å². The van der Waals surface area contributed by atoms with E-state index in [1.807, 2.05) is 44.2 Å². The number of hydrogen-bond acceptors (Lipinski definition) is 5. The third kappa shape index (κ3) is 5.23. The molecule has 144 valence electrons. The number of thioether (sulfide) groups is 1. The predicted octanol–water partition coefficient (Wildman–Crippen LogP) is 4.05. The molecule has 0 radical (unpaired) electrons. The summed E-state index contributed by atoms with van der Waals surface area (Å²) in [4.78, 5) is 27.8. The minimum absolute atomic E-state index is 0.0504. The second-order valence-corrected chi connectivity index (χ2v) is 7.34. The first-order valence-corrected chi connectivity index (χ1v) is 9.54. The number of rotatable bonds is 6. The van der Waals surface area contributed by atoms with E-state index in [2.05, 4.69) is 10.3 Å². The number of ether oxygens (including phenoxy) is 1. The SMILES string of the molecule is Cc1ccc(N=C2NC(=O)/C(=C\c3ccc(OCCC(=O)O)cc3)S2)cc1C. The Labute approximate surface area is 167 Å². The first-order valence-electron chi connectivity index (χ1n) is 8.72. The first kappa shape index (κ1) is 19.7. The number of aliphatic imine (C=N–C) groups is 1. The lowest BCUT2D eigenvalue weighted by molar-refractivity contribution is -0.137. The molecule has 7 heteroatoms. The van der Waals surface area contributed by atoms with Crippen molar-refractivity contribution >= 4 is 40.6 Å². The van der Waals surface area contributed by atoms with E-state index in [0.717, 1.165) is 16.8 Å². The lowest BCUT2D eigenvalue weighted by atomic mass is 10.1. The van der Waals surface area contributed by atoms with Gasteiger partial charge in [-0.25, -0.2) is 4.99 Å². The minimum Gasteiger partial charge on any atom is -0.493 e. The number of benzene rings is 2. The average Bonchev–Trinajstić information content (AvgIpc) is 2.98. The summed E-state index contributed by atoms with van der Waals surface area (Å²) in [6, 6.07) is 13.0. The Morgan fingerprint density at radius 2 is 1.93 bits per heavy atom. The fourth-order valence-corrected chi connectivity index (χ4v) is 3.30. The number of amides is 1. The lowest BCUT2D eigenvalue weighted by Gasteiger charge is -2.04. The summed E-state index contributed by atoms with van der Waals surface area (Å²) < 4.78 is 5.36. The average molecular weight is 396 g/mol. The van der Waals surface area contributed by atoms with Crippen LogP contribution in [0.2, 0.25) is 0 Å². The van der Waals surface area contributed by atoms with Crippen LogP contribution in [0.1, 0.15) is 23.1 Å². The van der Waals surface area contributed by atoms with Gasteiger partial charge in [-0.1, -0.05) is 18.2 Å². The molecule has 2 aromatic rings. The number of hydrogen-bond donors (Lipinski definition) is 2. The number of carbonyl (C=O) groups excluding carboxylic acids is 1. The number of carboxylic acids is 1. The van der Waals surface area contributed by atoms with E-state index in [-0.39, 0.29) is 18.9 Å². The van der Waals surface area contributed by atoms with Crippen LogP contribution < -0.4 is 10.1 Å². The molecule has 0 saturated carbocycles. The van der Waals surface area contributed by atoms with Gasteiger partial charge in [0.1, 0.15) is 5.75 Å². The summed E-state index contributed by atoms with van der Waals surface area (Å²) >= 11 is 1.29.